The summed E-state index contributed by atoms with van der Waals surface area (Å²) in [5, 5.41) is 0. The molecular weight excluding hydrogens is 277 g/mol. The third-order valence-corrected chi connectivity index (χ3v) is 3.54. The van der Waals surface area contributed by atoms with Gasteiger partial charge in [-0.15, -0.1) is 0 Å². The zero-order valence-corrected chi connectivity index (χ0v) is 12.0. The molecule has 0 unspecified atom stereocenters. The number of halogens is 3. The first-order valence-electron chi connectivity index (χ1n) is 6.50. The minimum Gasteiger partial charge on any atom is -0.294 e. The second-order valence-electron chi connectivity index (χ2n) is 5.11. The van der Waals surface area contributed by atoms with Crippen LogP contribution in [0, 0.1) is 13.8 Å². The standard InChI is InChI=1S/C17H15F3O/c1-10-4-5-13(8-11(10)2)14-6-7-15(12(3)21)16(9-14)17(18,19)20/h4-9H,1-3H3. The Labute approximate surface area is 121 Å². The second kappa shape index (κ2) is 5.35. The molecule has 0 amide bonds. The van der Waals surface area contributed by atoms with Gasteiger partial charge in [0, 0.05) is 5.56 Å². The third-order valence-electron chi connectivity index (χ3n) is 3.54. The fourth-order valence-corrected chi connectivity index (χ4v) is 2.19. The number of alkyl halides is 3. The molecule has 0 bridgehead atoms. The van der Waals surface area contributed by atoms with E-state index in [4.69, 9.17) is 0 Å². The summed E-state index contributed by atoms with van der Waals surface area (Å²) in [5.41, 5.74) is 2.07. The van der Waals surface area contributed by atoms with E-state index in [9.17, 15) is 18.0 Å². The molecule has 1 nitrogen and oxygen atoms in total. The van der Waals surface area contributed by atoms with E-state index < -0.39 is 17.5 Å². The first kappa shape index (κ1) is 15.3. The molecule has 0 aliphatic rings. The summed E-state index contributed by atoms with van der Waals surface area (Å²) in [5.74, 6) is -0.589. The molecule has 4 heteroatoms. The van der Waals surface area contributed by atoms with Crippen molar-refractivity contribution in [3.63, 3.8) is 0 Å². The van der Waals surface area contributed by atoms with Gasteiger partial charge in [0.25, 0.3) is 0 Å². The van der Waals surface area contributed by atoms with Crippen molar-refractivity contribution in [1.82, 2.24) is 0 Å². The molecule has 0 radical (unpaired) electrons. The summed E-state index contributed by atoms with van der Waals surface area (Å²) < 4.78 is 39.3. The zero-order valence-electron chi connectivity index (χ0n) is 12.0. The summed E-state index contributed by atoms with van der Waals surface area (Å²) in [6, 6.07) is 9.34. The molecule has 0 atom stereocenters. The molecule has 2 aromatic rings. The van der Waals surface area contributed by atoms with Gasteiger partial charge >= 0.3 is 6.18 Å². The largest absolute Gasteiger partial charge is 0.417 e. The highest BCUT2D eigenvalue weighted by molar-refractivity contribution is 5.96. The Hall–Kier alpha value is -2.10. The predicted octanol–water partition coefficient (Wildman–Crippen LogP) is 5.19. The minimum absolute atomic E-state index is 0.296. The highest BCUT2D eigenvalue weighted by Crippen LogP contribution is 2.35. The van der Waals surface area contributed by atoms with Crippen LogP contribution in [0.1, 0.15) is 34.0 Å². The van der Waals surface area contributed by atoms with E-state index in [2.05, 4.69) is 0 Å². The van der Waals surface area contributed by atoms with E-state index in [1.54, 1.807) is 12.1 Å². The van der Waals surface area contributed by atoms with E-state index in [0.29, 0.717) is 11.1 Å². The maximum atomic E-state index is 13.1. The van der Waals surface area contributed by atoms with E-state index in [1.165, 1.54) is 6.07 Å². The van der Waals surface area contributed by atoms with Crippen LogP contribution in [0.25, 0.3) is 11.1 Å². The summed E-state index contributed by atoms with van der Waals surface area (Å²) in [6.07, 6.45) is -4.54. The van der Waals surface area contributed by atoms with Gasteiger partial charge in [-0.05, 0) is 49.1 Å². The van der Waals surface area contributed by atoms with E-state index in [-0.39, 0.29) is 5.56 Å². The van der Waals surface area contributed by atoms with Crippen molar-refractivity contribution in [2.45, 2.75) is 26.9 Å². The fourth-order valence-electron chi connectivity index (χ4n) is 2.19. The Morgan fingerprint density at radius 1 is 0.905 bits per heavy atom. The number of benzene rings is 2. The Bertz CT molecular complexity index is 700. The van der Waals surface area contributed by atoms with Crippen molar-refractivity contribution < 1.29 is 18.0 Å². The number of aryl methyl sites for hydroxylation is 2. The van der Waals surface area contributed by atoms with Gasteiger partial charge in [0.15, 0.2) is 5.78 Å². The van der Waals surface area contributed by atoms with E-state index in [1.807, 2.05) is 26.0 Å². The molecule has 0 aliphatic heterocycles. The molecule has 0 aromatic heterocycles. The van der Waals surface area contributed by atoms with Crippen molar-refractivity contribution in [3.05, 3.63) is 58.7 Å². The molecule has 0 saturated heterocycles. The lowest BCUT2D eigenvalue weighted by Crippen LogP contribution is -2.11. The van der Waals surface area contributed by atoms with Gasteiger partial charge in [0.2, 0.25) is 0 Å². The molecule has 21 heavy (non-hydrogen) atoms. The number of carbonyl (C=O) groups excluding carboxylic acids is 1. The number of rotatable bonds is 2. The Morgan fingerprint density at radius 3 is 2.00 bits per heavy atom. The smallest absolute Gasteiger partial charge is 0.294 e. The van der Waals surface area contributed by atoms with Crippen molar-refractivity contribution in [2.75, 3.05) is 0 Å². The average Bonchev–Trinajstić information content (AvgIpc) is 2.40. The van der Waals surface area contributed by atoms with Crippen LogP contribution in [-0.4, -0.2) is 5.78 Å². The van der Waals surface area contributed by atoms with Gasteiger partial charge in [0.1, 0.15) is 0 Å². The fraction of sp³-hybridized carbons (Fsp3) is 0.235. The van der Waals surface area contributed by atoms with Crippen molar-refractivity contribution in [1.29, 1.82) is 0 Å². The molecule has 0 heterocycles. The number of ketones is 1. The van der Waals surface area contributed by atoms with Crippen molar-refractivity contribution in [2.24, 2.45) is 0 Å². The van der Waals surface area contributed by atoms with Gasteiger partial charge in [-0.3, -0.25) is 4.79 Å². The van der Waals surface area contributed by atoms with Gasteiger partial charge < -0.3 is 0 Å². The lowest BCUT2D eigenvalue weighted by Gasteiger charge is -2.13. The second-order valence-corrected chi connectivity index (χ2v) is 5.11. The summed E-state index contributed by atoms with van der Waals surface area (Å²) in [6.45, 7) is 4.99. The molecule has 0 saturated carbocycles. The number of hydrogen-bond donors (Lipinski definition) is 0. The van der Waals surface area contributed by atoms with Gasteiger partial charge in [0.05, 0.1) is 5.56 Å². The zero-order chi connectivity index (χ0) is 15.8. The number of hydrogen-bond acceptors (Lipinski definition) is 1. The van der Waals surface area contributed by atoms with Crippen LogP contribution in [0.3, 0.4) is 0 Å². The maximum Gasteiger partial charge on any atom is 0.417 e. The predicted molar refractivity (Wildman–Crippen MR) is 76.4 cm³/mol. The quantitative estimate of drug-likeness (QED) is 0.696. The number of carbonyl (C=O) groups is 1. The van der Waals surface area contributed by atoms with E-state index >= 15 is 0 Å². The lowest BCUT2D eigenvalue weighted by molar-refractivity contribution is -0.137. The van der Waals surface area contributed by atoms with Crippen LogP contribution in [0.2, 0.25) is 0 Å². The summed E-state index contributed by atoms with van der Waals surface area (Å²) in [4.78, 5) is 11.4. The summed E-state index contributed by atoms with van der Waals surface area (Å²) in [7, 11) is 0. The van der Waals surface area contributed by atoms with Gasteiger partial charge in [-0.1, -0.05) is 30.3 Å². The normalized spacial score (nSPS) is 11.5. The molecular formula is C17H15F3O. The molecule has 0 spiro atoms. The summed E-state index contributed by atoms with van der Waals surface area (Å²) >= 11 is 0. The van der Waals surface area contributed by atoms with Crippen LogP contribution < -0.4 is 0 Å². The topological polar surface area (TPSA) is 17.1 Å². The lowest BCUT2D eigenvalue weighted by atomic mass is 9.95. The first-order valence-corrected chi connectivity index (χ1v) is 6.50. The Balaban J connectivity index is 2.61. The molecule has 0 aliphatic carbocycles. The minimum atomic E-state index is -4.54. The van der Waals surface area contributed by atoms with Gasteiger partial charge in [-0.25, -0.2) is 0 Å². The van der Waals surface area contributed by atoms with Crippen LogP contribution >= 0.6 is 0 Å². The highest BCUT2D eigenvalue weighted by Gasteiger charge is 2.34. The molecule has 110 valence electrons. The van der Waals surface area contributed by atoms with Crippen LogP contribution in [0.4, 0.5) is 13.2 Å². The molecule has 2 aromatic carbocycles. The SMILES string of the molecule is CC(=O)c1ccc(-c2ccc(C)c(C)c2)cc1C(F)(F)F. The monoisotopic (exact) mass is 292 g/mol. The highest BCUT2D eigenvalue weighted by atomic mass is 19.4. The molecule has 0 N–H and O–H groups in total. The van der Waals surface area contributed by atoms with Crippen LogP contribution in [0.15, 0.2) is 36.4 Å². The third kappa shape index (κ3) is 3.15. The Morgan fingerprint density at radius 2 is 1.48 bits per heavy atom. The van der Waals surface area contributed by atoms with Crippen molar-refractivity contribution >= 4 is 5.78 Å². The molecule has 0 fully saturated rings. The maximum absolute atomic E-state index is 13.1. The van der Waals surface area contributed by atoms with Crippen molar-refractivity contribution in [3.8, 4) is 11.1 Å². The number of Topliss-reactive ketones (excluding diaryl/α,β-unsaturated/α-hetero) is 1. The van der Waals surface area contributed by atoms with Crippen LogP contribution in [0.5, 0.6) is 0 Å². The van der Waals surface area contributed by atoms with Gasteiger partial charge in [-0.2, -0.15) is 13.2 Å². The Kier molecular flexibility index (Phi) is 3.90. The van der Waals surface area contributed by atoms with E-state index in [0.717, 1.165) is 24.1 Å². The van der Waals surface area contributed by atoms with Crippen LogP contribution in [-0.2, 0) is 6.18 Å². The first-order chi connectivity index (χ1) is 9.70. The average molecular weight is 292 g/mol. The molecule has 2 rings (SSSR count).